The number of likely N-dealkylation sites (tertiary alicyclic amines) is 1. The Morgan fingerprint density at radius 3 is 2.08 bits per heavy atom. The lowest BCUT2D eigenvalue weighted by Gasteiger charge is -2.56. The van der Waals surface area contributed by atoms with Gasteiger partial charge in [0, 0.05) is 31.7 Å². The number of hydrogen-bond acceptors (Lipinski definition) is 3. The van der Waals surface area contributed by atoms with Crippen LogP contribution in [0, 0.1) is 23.2 Å². The summed E-state index contributed by atoms with van der Waals surface area (Å²) in [6.45, 7) is 1.62. The third-order valence-electron chi connectivity index (χ3n) is 6.97. The summed E-state index contributed by atoms with van der Waals surface area (Å²) in [5.74, 6) is 2.79. The molecular formula is C19H30N2O3. The molecule has 5 fully saturated rings. The van der Waals surface area contributed by atoms with Crippen molar-refractivity contribution in [2.24, 2.45) is 23.2 Å². The minimum absolute atomic E-state index is 0.0578. The van der Waals surface area contributed by atoms with Crippen LogP contribution < -0.4 is 5.32 Å². The van der Waals surface area contributed by atoms with Crippen molar-refractivity contribution in [1.29, 1.82) is 0 Å². The number of nitrogens with one attached hydrogen (secondary N) is 1. The number of amides is 2. The fourth-order valence-electron chi connectivity index (χ4n) is 6.22. The van der Waals surface area contributed by atoms with Gasteiger partial charge >= 0.3 is 0 Å². The third kappa shape index (κ3) is 2.96. The van der Waals surface area contributed by atoms with Crippen molar-refractivity contribution in [3.63, 3.8) is 0 Å². The average Bonchev–Trinajstić information content (AvgIpc) is 2.54. The Bertz CT molecular complexity index is 475. The van der Waals surface area contributed by atoms with Gasteiger partial charge in [0.1, 0.15) is 6.61 Å². The van der Waals surface area contributed by atoms with Crippen LogP contribution in [0.5, 0.6) is 0 Å². The molecule has 4 aliphatic carbocycles. The second-order valence-corrected chi connectivity index (χ2v) is 8.76. The standard InChI is InChI=1S/C19H30N2O3/c1-24-12-17(22)21-4-2-16(3-5-21)20-18(23)19-9-13-6-14(10-19)8-15(7-13)11-19/h13-16H,2-12H2,1H3,(H,20,23). The molecule has 5 aliphatic rings. The Morgan fingerprint density at radius 2 is 1.58 bits per heavy atom. The molecule has 0 spiro atoms. The maximum Gasteiger partial charge on any atom is 0.248 e. The van der Waals surface area contributed by atoms with Gasteiger partial charge in [0.05, 0.1) is 0 Å². The molecule has 5 heteroatoms. The molecule has 0 aromatic rings. The minimum Gasteiger partial charge on any atom is -0.375 e. The molecule has 1 N–H and O–H groups in total. The molecular weight excluding hydrogens is 304 g/mol. The first kappa shape index (κ1) is 16.4. The lowest BCUT2D eigenvalue weighted by atomic mass is 9.49. The van der Waals surface area contributed by atoms with Crippen LogP contribution in [-0.4, -0.2) is 49.6 Å². The molecule has 1 aliphatic heterocycles. The van der Waals surface area contributed by atoms with Crippen LogP contribution in [-0.2, 0) is 14.3 Å². The number of rotatable bonds is 4. The summed E-state index contributed by atoms with van der Waals surface area (Å²) in [5, 5.41) is 3.36. The van der Waals surface area contributed by atoms with Gasteiger partial charge in [0.2, 0.25) is 11.8 Å². The highest BCUT2D eigenvalue weighted by atomic mass is 16.5. The second kappa shape index (κ2) is 6.32. The fraction of sp³-hybridized carbons (Fsp3) is 0.895. The first-order chi connectivity index (χ1) is 11.6. The lowest BCUT2D eigenvalue weighted by molar-refractivity contribution is -0.147. The smallest absolute Gasteiger partial charge is 0.248 e. The van der Waals surface area contributed by atoms with Gasteiger partial charge in [-0.3, -0.25) is 9.59 Å². The Kier molecular flexibility index (Phi) is 4.31. The van der Waals surface area contributed by atoms with Gasteiger partial charge in [-0.15, -0.1) is 0 Å². The van der Waals surface area contributed by atoms with E-state index in [4.69, 9.17) is 4.74 Å². The third-order valence-corrected chi connectivity index (χ3v) is 6.97. The van der Waals surface area contributed by atoms with Gasteiger partial charge in [-0.1, -0.05) is 0 Å². The number of methoxy groups -OCH3 is 1. The monoisotopic (exact) mass is 334 g/mol. The SMILES string of the molecule is COCC(=O)N1CCC(NC(=O)C23CC4CC(CC(C4)C2)C3)CC1. The van der Waals surface area contributed by atoms with E-state index in [-0.39, 0.29) is 24.0 Å². The average molecular weight is 334 g/mol. The van der Waals surface area contributed by atoms with Crippen molar-refractivity contribution in [3.05, 3.63) is 0 Å². The van der Waals surface area contributed by atoms with Gasteiger partial charge in [-0.05, 0) is 69.1 Å². The molecule has 24 heavy (non-hydrogen) atoms. The van der Waals surface area contributed by atoms with E-state index in [0.29, 0.717) is 5.91 Å². The predicted octanol–water partition coefficient (Wildman–Crippen LogP) is 1.96. The van der Waals surface area contributed by atoms with Gasteiger partial charge in [-0.2, -0.15) is 0 Å². The quantitative estimate of drug-likeness (QED) is 0.855. The van der Waals surface area contributed by atoms with Gasteiger partial charge in [0.25, 0.3) is 0 Å². The summed E-state index contributed by atoms with van der Waals surface area (Å²) < 4.78 is 4.93. The molecule has 0 aromatic heterocycles. The number of ether oxygens (including phenoxy) is 1. The summed E-state index contributed by atoms with van der Waals surface area (Å²) in [4.78, 5) is 26.8. The van der Waals surface area contributed by atoms with Crippen LogP contribution in [0.15, 0.2) is 0 Å². The summed E-state index contributed by atoms with van der Waals surface area (Å²) in [6, 6.07) is 0.233. The van der Waals surface area contributed by atoms with Crippen LogP contribution >= 0.6 is 0 Å². The summed E-state index contributed by atoms with van der Waals surface area (Å²) in [7, 11) is 1.55. The van der Waals surface area contributed by atoms with Crippen molar-refractivity contribution in [2.45, 2.75) is 57.4 Å². The predicted molar refractivity (Wildman–Crippen MR) is 90.2 cm³/mol. The maximum absolute atomic E-state index is 13.1. The van der Waals surface area contributed by atoms with Gasteiger partial charge in [0.15, 0.2) is 0 Å². The van der Waals surface area contributed by atoms with E-state index >= 15 is 0 Å². The molecule has 5 rings (SSSR count). The van der Waals surface area contributed by atoms with Crippen molar-refractivity contribution in [2.75, 3.05) is 26.8 Å². The van der Waals surface area contributed by atoms with Crippen molar-refractivity contribution < 1.29 is 14.3 Å². The zero-order chi connectivity index (χ0) is 16.7. The van der Waals surface area contributed by atoms with E-state index in [1.165, 1.54) is 19.3 Å². The molecule has 0 atom stereocenters. The molecule has 0 unspecified atom stereocenters. The van der Waals surface area contributed by atoms with E-state index in [1.807, 2.05) is 4.90 Å². The summed E-state index contributed by atoms with van der Waals surface area (Å²) in [6.07, 6.45) is 9.20. The van der Waals surface area contributed by atoms with E-state index in [2.05, 4.69) is 5.32 Å². The normalized spacial score (nSPS) is 38.4. The van der Waals surface area contributed by atoms with Gasteiger partial charge in [-0.25, -0.2) is 0 Å². The topological polar surface area (TPSA) is 58.6 Å². The highest BCUT2D eigenvalue weighted by Gasteiger charge is 2.54. The van der Waals surface area contributed by atoms with E-state index in [0.717, 1.165) is 62.9 Å². The molecule has 134 valence electrons. The van der Waals surface area contributed by atoms with Crippen LogP contribution in [0.25, 0.3) is 0 Å². The molecule has 0 aromatic carbocycles. The van der Waals surface area contributed by atoms with Crippen molar-refractivity contribution in [1.82, 2.24) is 10.2 Å². The second-order valence-electron chi connectivity index (χ2n) is 8.76. The highest BCUT2D eigenvalue weighted by Crippen LogP contribution is 2.60. The molecule has 2 amide bonds. The number of piperidine rings is 1. The largest absolute Gasteiger partial charge is 0.375 e. The van der Waals surface area contributed by atoms with Crippen molar-refractivity contribution in [3.8, 4) is 0 Å². The molecule has 0 radical (unpaired) electrons. The minimum atomic E-state index is -0.0578. The molecule has 4 saturated carbocycles. The van der Waals surface area contributed by atoms with Crippen molar-refractivity contribution >= 4 is 11.8 Å². The Labute approximate surface area is 144 Å². The van der Waals surface area contributed by atoms with E-state index in [9.17, 15) is 9.59 Å². The van der Waals surface area contributed by atoms with Crippen LogP contribution in [0.2, 0.25) is 0 Å². The maximum atomic E-state index is 13.1. The summed E-state index contributed by atoms with van der Waals surface area (Å²) in [5.41, 5.74) is -0.0578. The number of hydrogen-bond donors (Lipinski definition) is 1. The summed E-state index contributed by atoms with van der Waals surface area (Å²) >= 11 is 0. The van der Waals surface area contributed by atoms with Crippen LogP contribution in [0.3, 0.4) is 0 Å². The first-order valence-electron chi connectivity index (χ1n) is 9.65. The molecule has 4 bridgehead atoms. The van der Waals surface area contributed by atoms with Crippen LogP contribution in [0.1, 0.15) is 51.4 Å². The van der Waals surface area contributed by atoms with Gasteiger partial charge < -0.3 is 15.0 Å². The Morgan fingerprint density at radius 1 is 1.04 bits per heavy atom. The molecule has 1 heterocycles. The zero-order valence-corrected chi connectivity index (χ0v) is 14.8. The number of carbonyl (C=O) groups is 2. The highest BCUT2D eigenvalue weighted by molar-refractivity contribution is 5.83. The first-order valence-corrected chi connectivity index (χ1v) is 9.65. The lowest BCUT2D eigenvalue weighted by Crippen LogP contribution is -2.56. The zero-order valence-electron chi connectivity index (χ0n) is 14.8. The van der Waals surface area contributed by atoms with Crippen LogP contribution in [0.4, 0.5) is 0 Å². The van der Waals surface area contributed by atoms with E-state index in [1.54, 1.807) is 7.11 Å². The number of nitrogens with zero attached hydrogens (tertiary/aromatic N) is 1. The number of carbonyl (C=O) groups excluding carboxylic acids is 2. The Balaban J connectivity index is 1.32. The fourth-order valence-corrected chi connectivity index (χ4v) is 6.22. The molecule has 5 nitrogen and oxygen atoms in total. The molecule has 1 saturated heterocycles. The van der Waals surface area contributed by atoms with E-state index < -0.39 is 0 Å². The Hall–Kier alpha value is -1.10.